The summed E-state index contributed by atoms with van der Waals surface area (Å²) in [6.07, 6.45) is 0. The van der Waals surface area contributed by atoms with E-state index in [0.717, 1.165) is 20.9 Å². The lowest BCUT2D eigenvalue weighted by Crippen LogP contribution is -2.38. The summed E-state index contributed by atoms with van der Waals surface area (Å²) in [6, 6.07) is 54.3. The second kappa shape index (κ2) is 15.7. The van der Waals surface area contributed by atoms with Gasteiger partial charge in [0.1, 0.15) is 11.5 Å². The van der Waals surface area contributed by atoms with Crippen LogP contribution in [0.2, 0.25) is 0 Å². The van der Waals surface area contributed by atoms with Crippen LogP contribution in [0, 0.1) is 0 Å². The molecule has 11 heteroatoms. The summed E-state index contributed by atoms with van der Waals surface area (Å²) in [5, 5.41) is 0. The fraction of sp³-hybridized carbons (Fsp3) is 0.0179. The molecule has 0 spiro atoms. The van der Waals surface area contributed by atoms with E-state index < -0.39 is 41.0 Å². The Morgan fingerprint density at radius 3 is 1.12 bits per heavy atom. The number of carbonyl (C=O) groups is 7. The van der Waals surface area contributed by atoms with Crippen LogP contribution in [-0.4, -0.2) is 41.4 Å². The van der Waals surface area contributed by atoms with Crippen LogP contribution in [0.3, 0.4) is 0 Å². The Hall–Kier alpha value is -9.35. The van der Waals surface area contributed by atoms with Crippen molar-refractivity contribution in [2.24, 2.45) is 0 Å². The standard InChI is InChI=1S/C56H32N2O9/c59-49-43-15-7-9-17-47(43)56(48-18-10-8-16-44(48)49,35-21-25-39(26-22-35)66-54(64)33-19-29-41-45(31-33)52(62)57(50(41)60)37-11-3-1-4-12-37)36-23-27-40(28-24-36)67-55(65)34-20-30-42-46(32-34)53(63)58(51(42)61)38-13-5-2-6-14-38/h1-32H. The van der Waals surface area contributed by atoms with Crippen molar-refractivity contribution in [3.63, 3.8) is 0 Å². The average molecular weight is 877 g/mol. The van der Waals surface area contributed by atoms with E-state index in [2.05, 4.69) is 0 Å². The lowest BCUT2D eigenvalue weighted by Gasteiger charge is -2.41. The number of benzene rings is 8. The number of anilines is 2. The number of imide groups is 2. The molecule has 1 aliphatic carbocycles. The summed E-state index contributed by atoms with van der Waals surface area (Å²) in [6.45, 7) is 0. The predicted octanol–water partition coefficient (Wildman–Crippen LogP) is 9.65. The molecule has 0 aromatic heterocycles. The SMILES string of the molecule is O=C(Oc1ccc(C2(c3ccc(OC(=O)c4ccc5c(c4)C(=O)N(c4ccccc4)C5=O)cc3)c3ccccc3C(=O)c3ccccc32)cc1)c1ccc2c(c1)C(=O)N(c1ccccc1)C2=O. The van der Waals surface area contributed by atoms with Gasteiger partial charge in [-0.05, 0) is 107 Å². The molecule has 0 atom stereocenters. The number of amides is 4. The molecule has 11 rings (SSSR count). The lowest BCUT2D eigenvalue weighted by atomic mass is 9.59. The zero-order chi connectivity index (χ0) is 46.0. The van der Waals surface area contributed by atoms with Gasteiger partial charge < -0.3 is 9.47 Å². The summed E-state index contributed by atoms with van der Waals surface area (Å²) >= 11 is 0. The van der Waals surface area contributed by atoms with Crippen molar-refractivity contribution in [3.8, 4) is 11.5 Å². The van der Waals surface area contributed by atoms with Gasteiger partial charge >= 0.3 is 11.9 Å². The fourth-order valence-corrected chi connectivity index (χ4v) is 9.33. The summed E-state index contributed by atoms with van der Waals surface area (Å²) in [7, 11) is 0. The highest BCUT2D eigenvalue weighted by Crippen LogP contribution is 2.51. The summed E-state index contributed by atoms with van der Waals surface area (Å²) < 4.78 is 11.7. The molecule has 3 aliphatic rings. The minimum absolute atomic E-state index is 0.0827. The number of esters is 2. The molecule has 0 saturated heterocycles. The predicted molar refractivity (Wildman–Crippen MR) is 246 cm³/mol. The highest BCUT2D eigenvalue weighted by atomic mass is 16.5. The van der Waals surface area contributed by atoms with Crippen LogP contribution in [0.5, 0.6) is 11.5 Å². The van der Waals surface area contributed by atoms with E-state index in [1.807, 2.05) is 60.7 Å². The number of hydrogen-bond donors (Lipinski definition) is 0. The minimum Gasteiger partial charge on any atom is -0.423 e. The third-order valence-corrected chi connectivity index (χ3v) is 12.4. The van der Waals surface area contributed by atoms with E-state index in [4.69, 9.17) is 9.47 Å². The zero-order valence-corrected chi connectivity index (χ0v) is 35.0. The number of fused-ring (bicyclic) bond motifs is 4. The Morgan fingerprint density at radius 2 is 0.716 bits per heavy atom. The van der Waals surface area contributed by atoms with Gasteiger partial charge in [0.15, 0.2) is 5.78 Å². The van der Waals surface area contributed by atoms with Crippen molar-refractivity contribution < 1.29 is 43.0 Å². The Bertz CT molecular complexity index is 3210. The molecule has 0 unspecified atom stereocenters. The molecule has 2 aliphatic heterocycles. The van der Waals surface area contributed by atoms with Crippen molar-refractivity contribution >= 4 is 52.7 Å². The van der Waals surface area contributed by atoms with Crippen LogP contribution in [0.1, 0.15) is 100 Å². The summed E-state index contributed by atoms with van der Waals surface area (Å²) in [5.41, 5.74) is 4.34. The van der Waals surface area contributed by atoms with Crippen molar-refractivity contribution in [1.82, 2.24) is 0 Å². The lowest BCUT2D eigenvalue weighted by molar-refractivity contribution is 0.0725. The van der Waals surface area contributed by atoms with E-state index in [-0.39, 0.29) is 50.7 Å². The molecule has 11 nitrogen and oxygen atoms in total. The smallest absolute Gasteiger partial charge is 0.343 e. The van der Waals surface area contributed by atoms with Gasteiger partial charge in [-0.15, -0.1) is 0 Å². The van der Waals surface area contributed by atoms with Gasteiger partial charge in [-0.3, -0.25) is 24.0 Å². The normalized spacial score (nSPS) is 14.3. The van der Waals surface area contributed by atoms with Crippen LogP contribution < -0.4 is 19.3 Å². The molecule has 4 amide bonds. The van der Waals surface area contributed by atoms with Crippen molar-refractivity contribution in [3.05, 3.63) is 261 Å². The second-order valence-corrected chi connectivity index (χ2v) is 16.1. The monoisotopic (exact) mass is 876 g/mol. The number of rotatable bonds is 8. The van der Waals surface area contributed by atoms with E-state index in [0.29, 0.717) is 33.6 Å². The first-order chi connectivity index (χ1) is 32.6. The first-order valence-corrected chi connectivity index (χ1v) is 21.2. The molecule has 2 heterocycles. The molecule has 0 radical (unpaired) electrons. The number of hydrogen-bond acceptors (Lipinski definition) is 9. The van der Waals surface area contributed by atoms with Gasteiger partial charge in [-0.25, -0.2) is 19.4 Å². The fourth-order valence-electron chi connectivity index (χ4n) is 9.33. The molecule has 67 heavy (non-hydrogen) atoms. The molecule has 8 aromatic carbocycles. The maximum absolute atomic E-state index is 14.1. The Morgan fingerprint density at radius 1 is 0.358 bits per heavy atom. The number of carbonyl (C=O) groups excluding carboxylic acids is 7. The van der Waals surface area contributed by atoms with Crippen LogP contribution >= 0.6 is 0 Å². The largest absolute Gasteiger partial charge is 0.423 e. The molecule has 0 bridgehead atoms. The highest BCUT2D eigenvalue weighted by molar-refractivity contribution is 6.35. The van der Waals surface area contributed by atoms with Crippen molar-refractivity contribution in [1.29, 1.82) is 0 Å². The van der Waals surface area contributed by atoms with Crippen molar-refractivity contribution in [2.75, 3.05) is 9.80 Å². The van der Waals surface area contributed by atoms with Gasteiger partial charge in [0.2, 0.25) is 0 Å². The zero-order valence-electron chi connectivity index (χ0n) is 35.0. The topological polar surface area (TPSA) is 144 Å². The van der Waals surface area contributed by atoms with Gasteiger partial charge in [0.05, 0.1) is 50.2 Å². The third kappa shape index (κ3) is 6.40. The van der Waals surface area contributed by atoms with Crippen LogP contribution in [-0.2, 0) is 5.41 Å². The van der Waals surface area contributed by atoms with E-state index >= 15 is 0 Å². The van der Waals surface area contributed by atoms with Crippen molar-refractivity contribution in [2.45, 2.75) is 5.41 Å². The summed E-state index contributed by atoms with van der Waals surface area (Å²) in [4.78, 5) is 96.5. The Labute approximate surface area is 382 Å². The van der Waals surface area contributed by atoms with Crippen LogP contribution in [0.15, 0.2) is 194 Å². The number of ketones is 1. The van der Waals surface area contributed by atoms with E-state index in [9.17, 15) is 33.6 Å². The van der Waals surface area contributed by atoms with Crippen LogP contribution in [0.4, 0.5) is 11.4 Å². The Balaban J connectivity index is 0.901. The molecular formula is C56H32N2O9. The molecule has 8 aromatic rings. The third-order valence-electron chi connectivity index (χ3n) is 12.4. The quantitative estimate of drug-likeness (QED) is 0.0828. The van der Waals surface area contributed by atoms with Crippen LogP contribution in [0.25, 0.3) is 0 Å². The molecule has 0 N–H and O–H groups in total. The first-order valence-electron chi connectivity index (χ1n) is 21.2. The second-order valence-electron chi connectivity index (χ2n) is 16.1. The van der Waals surface area contributed by atoms with E-state index in [1.165, 1.54) is 36.4 Å². The number of nitrogens with zero attached hydrogens (tertiary/aromatic N) is 2. The van der Waals surface area contributed by atoms with E-state index in [1.54, 1.807) is 97.1 Å². The van der Waals surface area contributed by atoms with Gasteiger partial charge in [-0.2, -0.15) is 0 Å². The Kier molecular flexibility index (Phi) is 9.48. The maximum atomic E-state index is 14.1. The minimum atomic E-state index is -1.10. The van der Waals surface area contributed by atoms with Gasteiger partial charge in [-0.1, -0.05) is 109 Å². The molecular weight excluding hydrogens is 845 g/mol. The summed E-state index contributed by atoms with van der Waals surface area (Å²) in [5.74, 6) is -3.24. The molecule has 320 valence electrons. The number of ether oxygens (including phenoxy) is 2. The average Bonchev–Trinajstić information content (AvgIpc) is 3.78. The van der Waals surface area contributed by atoms with Gasteiger partial charge in [0.25, 0.3) is 23.6 Å². The molecule has 0 saturated carbocycles. The number of para-hydroxylation sites is 2. The highest BCUT2D eigenvalue weighted by Gasteiger charge is 2.46. The van der Waals surface area contributed by atoms with Gasteiger partial charge in [0, 0.05) is 11.1 Å². The molecule has 0 fully saturated rings. The first kappa shape index (κ1) is 40.4. The maximum Gasteiger partial charge on any atom is 0.343 e.